The minimum Gasteiger partial charge on any atom is -0.478 e. The molecule has 0 atom stereocenters. The second-order valence-corrected chi connectivity index (χ2v) is 9.41. The van der Waals surface area contributed by atoms with E-state index in [1.807, 2.05) is 58.1 Å². The van der Waals surface area contributed by atoms with Crippen LogP contribution in [-0.2, 0) is 6.54 Å². The topological polar surface area (TPSA) is 65.8 Å². The number of rotatable bonds is 5. The highest BCUT2D eigenvalue weighted by Crippen LogP contribution is 2.27. The molecule has 0 bridgehead atoms. The van der Waals surface area contributed by atoms with E-state index in [-0.39, 0.29) is 11.5 Å². The average molecular weight is 508 g/mol. The van der Waals surface area contributed by atoms with Crippen molar-refractivity contribution < 1.29 is 14.7 Å². The van der Waals surface area contributed by atoms with Crippen LogP contribution in [0.3, 0.4) is 0 Å². The van der Waals surface area contributed by atoms with Crippen molar-refractivity contribution in [3.63, 3.8) is 0 Å². The van der Waals surface area contributed by atoms with Gasteiger partial charge in [-0.05, 0) is 48.0 Å². The maximum absolute atomic E-state index is 13.5. The number of carbonyl (C=O) groups is 2. The van der Waals surface area contributed by atoms with E-state index in [9.17, 15) is 14.7 Å². The summed E-state index contributed by atoms with van der Waals surface area (Å²) in [5, 5.41) is 11.2. The number of aromatic carboxylic acids is 1. The molecule has 2 heterocycles. The van der Waals surface area contributed by atoms with Crippen molar-refractivity contribution >= 4 is 46.0 Å². The van der Waals surface area contributed by atoms with E-state index < -0.39 is 5.97 Å². The van der Waals surface area contributed by atoms with Crippen molar-refractivity contribution in [2.24, 2.45) is 0 Å². The Bertz CT molecular complexity index is 1410. The van der Waals surface area contributed by atoms with Gasteiger partial charge in [0.2, 0.25) is 0 Å². The minimum absolute atomic E-state index is 0.00343. The van der Waals surface area contributed by atoms with E-state index in [1.54, 1.807) is 24.3 Å². The van der Waals surface area contributed by atoms with Crippen molar-refractivity contribution in [3.8, 4) is 5.69 Å². The van der Waals surface area contributed by atoms with Gasteiger partial charge in [0.05, 0.1) is 26.7 Å². The second-order valence-electron chi connectivity index (χ2n) is 8.60. The SMILES string of the molecule is O=C(O)c1ccc(-n2cc(C(=O)N3CCN(Cc4ccc(Cl)c(Cl)c4)CC3)c3ccccc32)cc1. The third-order valence-electron chi connectivity index (χ3n) is 6.38. The second kappa shape index (κ2) is 9.74. The molecule has 4 aromatic rings. The molecule has 35 heavy (non-hydrogen) atoms. The average Bonchev–Trinajstić information content (AvgIpc) is 3.26. The molecule has 1 fully saturated rings. The van der Waals surface area contributed by atoms with Crippen LogP contribution in [0.15, 0.2) is 72.9 Å². The first-order valence-corrected chi connectivity index (χ1v) is 12.1. The maximum atomic E-state index is 13.5. The van der Waals surface area contributed by atoms with Crippen LogP contribution < -0.4 is 0 Å². The summed E-state index contributed by atoms with van der Waals surface area (Å²) in [5.41, 5.74) is 3.66. The molecular formula is C27H23Cl2N3O3. The standard InChI is InChI=1S/C27H23Cl2N3O3/c28-23-10-5-18(15-24(23)29)16-30-11-13-31(14-12-30)26(33)22-17-32(25-4-2-1-3-21(22)25)20-8-6-19(7-9-20)27(34)35/h1-10,15,17H,11-14,16H2,(H,34,35). The summed E-state index contributed by atoms with van der Waals surface area (Å²) in [6.07, 6.45) is 1.85. The lowest BCUT2D eigenvalue weighted by Gasteiger charge is -2.34. The number of hydrogen-bond acceptors (Lipinski definition) is 3. The first-order valence-electron chi connectivity index (χ1n) is 11.3. The number of hydrogen-bond donors (Lipinski definition) is 1. The largest absolute Gasteiger partial charge is 0.478 e. The number of amides is 1. The summed E-state index contributed by atoms with van der Waals surface area (Å²) in [7, 11) is 0. The normalized spacial score (nSPS) is 14.4. The highest BCUT2D eigenvalue weighted by atomic mass is 35.5. The molecule has 5 rings (SSSR count). The molecule has 0 aliphatic carbocycles. The van der Waals surface area contributed by atoms with Gasteiger partial charge in [0.25, 0.3) is 5.91 Å². The van der Waals surface area contributed by atoms with Crippen molar-refractivity contribution in [1.82, 2.24) is 14.4 Å². The molecule has 0 saturated carbocycles. The highest BCUT2D eigenvalue weighted by Gasteiger charge is 2.25. The molecule has 1 amide bonds. The first kappa shape index (κ1) is 23.4. The Morgan fingerprint density at radius 3 is 2.26 bits per heavy atom. The lowest BCUT2D eigenvalue weighted by Crippen LogP contribution is -2.48. The predicted octanol–water partition coefficient (Wildman–Crippen LogP) is 5.59. The van der Waals surface area contributed by atoms with Gasteiger partial charge in [0.15, 0.2) is 0 Å². The number of halogens is 2. The molecule has 6 nitrogen and oxygen atoms in total. The van der Waals surface area contributed by atoms with Crippen molar-refractivity contribution in [3.05, 3.63) is 99.7 Å². The lowest BCUT2D eigenvalue weighted by atomic mass is 10.1. The maximum Gasteiger partial charge on any atom is 0.335 e. The van der Waals surface area contributed by atoms with Gasteiger partial charge in [-0.3, -0.25) is 9.69 Å². The van der Waals surface area contributed by atoms with Gasteiger partial charge < -0.3 is 14.6 Å². The number of carboxylic acid groups (broad SMARTS) is 1. The lowest BCUT2D eigenvalue weighted by molar-refractivity contribution is 0.0629. The molecule has 0 radical (unpaired) electrons. The van der Waals surface area contributed by atoms with E-state index >= 15 is 0 Å². The molecule has 178 valence electrons. The van der Waals surface area contributed by atoms with Gasteiger partial charge in [0, 0.05) is 50.0 Å². The van der Waals surface area contributed by atoms with Crippen LogP contribution in [0.2, 0.25) is 10.0 Å². The summed E-state index contributed by atoms with van der Waals surface area (Å²) >= 11 is 12.2. The van der Waals surface area contributed by atoms with Crippen LogP contribution in [0.4, 0.5) is 0 Å². The minimum atomic E-state index is -0.969. The van der Waals surface area contributed by atoms with Gasteiger partial charge in [-0.25, -0.2) is 4.79 Å². The Morgan fingerprint density at radius 1 is 0.857 bits per heavy atom. The van der Waals surface area contributed by atoms with Crippen LogP contribution >= 0.6 is 23.2 Å². The molecule has 1 aliphatic heterocycles. The van der Waals surface area contributed by atoms with Crippen molar-refractivity contribution in [2.45, 2.75) is 6.54 Å². The quantitative estimate of drug-likeness (QED) is 0.382. The van der Waals surface area contributed by atoms with Crippen LogP contribution in [-0.4, -0.2) is 57.5 Å². The van der Waals surface area contributed by atoms with Gasteiger partial charge in [-0.1, -0.05) is 47.5 Å². The molecule has 1 saturated heterocycles. The zero-order valence-electron chi connectivity index (χ0n) is 18.8. The number of piperazine rings is 1. The van der Waals surface area contributed by atoms with Gasteiger partial charge in [-0.15, -0.1) is 0 Å². The van der Waals surface area contributed by atoms with Crippen LogP contribution in [0.1, 0.15) is 26.3 Å². The Labute approximate surface area is 212 Å². The van der Waals surface area contributed by atoms with E-state index in [4.69, 9.17) is 23.2 Å². The summed E-state index contributed by atoms with van der Waals surface area (Å²) in [5.74, 6) is -0.973. The number of aromatic nitrogens is 1. The van der Waals surface area contributed by atoms with Gasteiger partial charge >= 0.3 is 5.97 Å². The fraction of sp³-hybridized carbons (Fsp3) is 0.185. The molecule has 1 N–H and O–H groups in total. The van der Waals surface area contributed by atoms with Crippen LogP contribution in [0, 0.1) is 0 Å². The Kier molecular flexibility index (Phi) is 6.52. The number of para-hydroxylation sites is 1. The van der Waals surface area contributed by atoms with E-state index in [2.05, 4.69) is 4.90 Å². The molecule has 0 unspecified atom stereocenters. The van der Waals surface area contributed by atoms with E-state index in [0.717, 1.165) is 41.8 Å². The van der Waals surface area contributed by atoms with E-state index in [0.29, 0.717) is 28.7 Å². The van der Waals surface area contributed by atoms with Crippen LogP contribution in [0.5, 0.6) is 0 Å². The summed E-state index contributed by atoms with van der Waals surface area (Å²) in [4.78, 5) is 28.9. The smallest absolute Gasteiger partial charge is 0.335 e. The third kappa shape index (κ3) is 4.78. The van der Waals surface area contributed by atoms with Gasteiger partial charge in [0.1, 0.15) is 0 Å². The van der Waals surface area contributed by atoms with Crippen LogP contribution in [0.25, 0.3) is 16.6 Å². The number of benzene rings is 3. The summed E-state index contributed by atoms with van der Waals surface area (Å²) < 4.78 is 1.94. The number of carboxylic acids is 1. The number of nitrogens with zero attached hydrogens (tertiary/aromatic N) is 3. The van der Waals surface area contributed by atoms with Crippen molar-refractivity contribution in [2.75, 3.05) is 26.2 Å². The molecule has 1 aliphatic rings. The zero-order chi connectivity index (χ0) is 24.5. The molecule has 0 spiro atoms. The monoisotopic (exact) mass is 507 g/mol. The molecule has 8 heteroatoms. The molecule has 1 aromatic heterocycles. The summed E-state index contributed by atoms with van der Waals surface area (Å²) in [6, 6.07) is 20.1. The predicted molar refractivity (Wildman–Crippen MR) is 138 cm³/mol. The van der Waals surface area contributed by atoms with Gasteiger partial charge in [-0.2, -0.15) is 0 Å². The first-order chi connectivity index (χ1) is 16.9. The number of fused-ring (bicyclic) bond motifs is 1. The Hall–Kier alpha value is -3.32. The zero-order valence-corrected chi connectivity index (χ0v) is 20.3. The summed E-state index contributed by atoms with van der Waals surface area (Å²) in [6.45, 7) is 3.55. The van der Waals surface area contributed by atoms with E-state index in [1.165, 1.54) is 0 Å². The fourth-order valence-electron chi connectivity index (χ4n) is 4.50. The molecular weight excluding hydrogens is 485 g/mol. The highest BCUT2D eigenvalue weighted by molar-refractivity contribution is 6.42. The Balaban J connectivity index is 1.34. The fourth-order valence-corrected chi connectivity index (χ4v) is 4.82. The Morgan fingerprint density at radius 2 is 1.57 bits per heavy atom. The van der Waals surface area contributed by atoms with Crippen molar-refractivity contribution in [1.29, 1.82) is 0 Å². The third-order valence-corrected chi connectivity index (χ3v) is 7.12. The molecule has 3 aromatic carbocycles. The number of carbonyl (C=O) groups excluding carboxylic acids is 1.